The van der Waals surface area contributed by atoms with E-state index < -0.39 is 27.6 Å². The fourth-order valence-corrected chi connectivity index (χ4v) is 8.13. The number of amides is 3. The van der Waals surface area contributed by atoms with E-state index in [2.05, 4.69) is 15.1 Å². The first-order chi connectivity index (χ1) is 20.6. The number of carbonyl (C=O) groups is 3. The maximum absolute atomic E-state index is 14.1. The molecule has 7 rings (SSSR count). The molecule has 3 unspecified atom stereocenters. The molecule has 0 aromatic heterocycles. The lowest BCUT2D eigenvalue weighted by Gasteiger charge is -2.57. The number of hydrogen-bond donors (Lipinski definition) is 2. The third-order valence-corrected chi connectivity index (χ3v) is 10.9. The topological polar surface area (TPSA) is 133 Å². The molecular weight excluding hydrogens is 573 g/mol. The van der Waals surface area contributed by atoms with Gasteiger partial charge >= 0.3 is 0 Å². The minimum atomic E-state index is -3.94. The molecule has 0 radical (unpaired) electrons. The summed E-state index contributed by atoms with van der Waals surface area (Å²) in [7, 11) is -3.94. The number of benzene rings is 3. The fraction of sp³-hybridized carbons (Fsp3) is 0.323. The number of imide groups is 1. The van der Waals surface area contributed by atoms with Gasteiger partial charge in [0.15, 0.2) is 0 Å². The van der Waals surface area contributed by atoms with Crippen molar-refractivity contribution >= 4 is 44.6 Å². The highest BCUT2D eigenvalue weighted by molar-refractivity contribution is 7.91. The summed E-state index contributed by atoms with van der Waals surface area (Å²) in [5, 5.41) is 2.34. The molecule has 3 N–H and O–H groups in total. The quantitative estimate of drug-likeness (QED) is 0.336. The molecule has 4 aliphatic heterocycles. The van der Waals surface area contributed by atoms with Crippen LogP contribution in [0.1, 0.15) is 41.6 Å². The summed E-state index contributed by atoms with van der Waals surface area (Å²) in [6.45, 7) is 1.84. The largest absolute Gasteiger partial charge is 0.396 e. The van der Waals surface area contributed by atoms with Gasteiger partial charge in [0.05, 0.1) is 27.6 Å². The van der Waals surface area contributed by atoms with Crippen molar-refractivity contribution in [3.05, 3.63) is 77.6 Å². The van der Waals surface area contributed by atoms with Crippen LogP contribution >= 0.6 is 0 Å². The van der Waals surface area contributed by atoms with Crippen LogP contribution in [0.15, 0.2) is 70.5 Å². The highest BCUT2D eigenvalue weighted by Crippen LogP contribution is 2.40. The zero-order chi connectivity index (χ0) is 30.0. The van der Waals surface area contributed by atoms with Gasteiger partial charge in [0.1, 0.15) is 11.9 Å². The van der Waals surface area contributed by atoms with E-state index in [1.54, 1.807) is 17.0 Å². The zero-order valence-electron chi connectivity index (χ0n) is 23.2. The molecule has 4 heterocycles. The molecule has 222 valence electrons. The number of anilines is 3. The summed E-state index contributed by atoms with van der Waals surface area (Å²) < 4.78 is 40.7. The van der Waals surface area contributed by atoms with Crippen LogP contribution in [0.3, 0.4) is 0 Å². The maximum atomic E-state index is 14.1. The number of sulfone groups is 1. The van der Waals surface area contributed by atoms with Gasteiger partial charge in [0.25, 0.3) is 5.91 Å². The number of carbonyl (C=O) groups excluding carboxylic acids is 3. The van der Waals surface area contributed by atoms with Crippen LogP contribution in [0.2, 0.25) is 0 Å². The standard InChI is InChI=1S/C31H30FN5O5S/c32-24-15-22(7-9-25(24)33)43(41,42)21-4-1-3-19(14-21)35-12-2-5-26-28(35)17-36(26)20-6-8-23-18(13-20)16-37(31(23)40)27-10-11-29(38)34-30(27)39/h1,3-4,6-9,13-15,26-28H,2,5,10-12,16-17,33H2,(H,34,38,39). The van der Waals surface area contributed by atoms with Crippen molar-refractivity contribution < 1.29 is 27.2 Å². The van der Waals surface area contributed by atoms with Gasteiger partial charge in [-0.15, -0.1) is 0 Å². The molecular formula is C31H30FN5O5S. The van der Waals surface area contributed by atoms with Crippen molar-refractivity contribution in [1.82, 2.24) is 10.2 Å². The first-order valence-electron chi connectivity index (χ1n) is 14.3. The zero-order valence-corrected chi connectivity index (χ0v) is 24.0. The van der Waals surface area contributed by atoms with E-state index in [1.165, 1.54) is 18.2 Å². The number of rotatable bonds is 5. The van der Waals surface area contributed by atoms with Gasteiger partial charge in [-0.3, -0.25) is 19.7 Å². The second-order valence-corrected chi connectivity index (χ2v) is 13.5. The molecule has 3 saturated heterocycles. The lowest BCUT2D eigenvalue weighted by molar-refractivity contribution is -0.136. The monoisotopic (exact) mass is 603 g/mol. The van der Waals surface area contributed by atoms with Gasteiger partial charge in [0, 0.05) is 43.0 Å². The molecule has 3 aromatic rings. The number of nitrogens with one attached hydrogen (secondary N) is 1. The highest BCUT2D eigenvalue weighted by atomic mass is 32.2. The lowest BCUT2D eigenvalue weighted by Crippen LogP contribution is -2.69. The number of nitrogen functional groups attached to an aromatic ring is 1. The molecule has 0 aliphatic carbocycles. The molecule has 3 atom stereocenters. The summed E-state index contributed by atoms with van der Waals surface area (Å²) in [6, 6.07) is 15.8. The van der Waals surface area contributed by atoms with Crippen molar-refractivity contribution in [2.45, 2.75) is 60.1 Å². The molecule has 0 spiro atoms. The Morgan fingerprint density at radius 1 is 0.860 bits per heavy atom. The Morgan fingerprint density at radius 2 is 1.65 bits per heavy atom. The number of halogens is 1. The first-order valence-corrected chi connectivity index (χ1v) is 15.8. The van der Waals surface area contributed by atoms with Crippen LogP contribution in [0.25, 0.3) is 0 Å². The Kier molecular flexibility index (Phi) is 6.42. The average molecular weight is 604 g/mol. The van der Waals surface area contributed by atoms with Crippen LogP contribution in [0.4, 0.5) is 21.5 Å². The molecule has 3 fully saturated rings. The molecule has 3 aromatic carbocycles. The number of hydrogen-bond acceptors (Lipinski definition) is 8. The van der Waals surface area contributed by atoms with Crippen LogP contribution in [-0.2, 0) is 26.0 Å². The summed E-state index contributed by atoms with van der Waals surface area (Å²) in [4.78, 5) is 43.2. The van der Waals surface area contributed by atoms with Crippen LogP contribution < -0.4 is 20.9 Å². The van der Waals surface area contributed by atoms with E-state index in [4.69, 9.17) is 5.73 Å². The van der Waals surface area contributed by atoms with Crippen molar-refractivity contribution in [2.24, 2.45) is 0 Å². The Bertz CT molecular complexity index is 1800. The van der Waals surface area contributed by atoms with Crippen molar-refractivity contribution in [3.8, 4) is 0 Å². The molecule has 4 aliphatic rings. The van der Waals surface area contributed by atoms with Gasteiger partial charge < -0.3 is 20.4 Å². The SMILES string of the molecule is Nc1ccc(S(=O)(=O)c2cccc(N3CCCC4C3CN4c3ccc4c(c3)CN(C3CCC(=O)NC3=O)C4=O)c2)cc1F. The molecule has 43 heavy (non-hydrogen) atoms. The normalized spacial score (nSPS) is 23.5. The van der Waals surface area contributed by atoms with Crippen LogP contribution in [0, 0.1) is 5.82 Å². The van der Waals surface area contributed by atoms with Crippen molar-refractivity contribution in [1.29, 1.82) is 0 Å². The predicted molar refractivity (Wildman–Crippen MR) is 157 cm³/mol. The van der Waals surface area contributed by atoms with Crippen LogP contribution in [-0.4, -0.2) is 62.3 Å². The summed E-state index contributed by atoms with van der Waals surface area (Å²) in [5.41, 5.74) is 8.67. The predicted octanol–water partition coefficient (Wildman–Crippen LogP) is 2.86. The van der Waals surface area contributed by atoms with E-state index >= 15 is 0 Å². The van der Waals surface area contributed by atoms with E-state index in [0.717, 1.165) is 48.9 Å². The third kappa shape index (κ3) is 4.51. The van der Waals surface area contributed by atoms with Gasteiger partial charge in [-0.2, -0.15) is 0 Å². The Labute approximate surface area is 248 Å². The van der Waals surface area contributed by atoms with E-state index in [-0.39, 0.29) is 45.8 Å². The molecule has 3 amide bonds. The number of piperidine rings is 2. The highest BCUT2D eigenvalue weighted by Gasteiger charge is 2.46. The molecule has 0 bridgehead atoms. The van der Waals surface area contributed by atoms with Crippen molar-refractivity contribution in [2.75, 3.05) is 28.6 Å². The average Bonchev–Trinajstić information content (AvgIpc) is 3.30. The minimum absolute atomic E-state index is 0.0938. The summed E-state index contributed by atoms with van der Waals surface area (Å²) >= 11 is 0. The van der Waals surface area contributed by atoms with Gasteiger partial charge in [-0.05, 0) is 79.4 Å². The first kappa shape index (κ1) is 27.4. The van der Waals surface area contributed by atoms with Gasteiger partial charge in [-0.1, -0.05) is 6.07 Å². The second-order valence-electron chi connectivity index (χ2n) is 11.5. The number of nitrogens with zero attached hydrogens (tertiary/aromatic N) is 3. The Balaban J connectivity index is 1.09. The van der Waals surface area contributed by atoms with Gasteiger partial charge in [0.2, 0.25) is 21.7 Å². The summed E-state index contributed by atoms with van der Waals surface area (Å²) in [6.07, 6.45) is 2.43. The smallest absolute Gasteiger partial charge is 0.255 e. The Hall–Kier alpha value is -4.45. The molecule has 12 heteroatoms. The summed E-state index contributed by atoms with van der Waals surface area (Å²) in [5.74, 6) is -1.71. The second kappa shape index (κ2) is 10.1. The maximum Gasteiger partial charge on any atom is 0.255 e. The van der Waals surface area contributed by atoms with E-state index in [0.29, 0.717) is 18.5 Å². The Morgan fingerprint density at radius 3 is 2.44 bits per heavy atom. The van der Waals surface area contributed by atoms with Crippen LogP contribution in [0.5, 0.6) is 0 Å². The molecule has 10 nitrogen and oxygen atoms in total. The number of nitrogens with two attached hydrogens (primary N) is 1. The van der Waals surface area contributed by atoms with Crippen molar-refractivity contribution in [3.63, 3.8) is 0 Å². The van der Waals surface area contributed by atoms with Gasteiger partial charge in [-0.25, -0.2) is 12.8 Å². The van der Waals surface area contributed by atoms with E-state index in [1.807, 2.05) is 24.3 Å². The lowest BCUT2D eigenvalue weighted by atomic mass is 9.85. The fourth-order valence-electron chi connectivity index (χ4n) is 6.82. The number of fused-ring (bicyclic) bond motifs is 2. The molecule has 0 saturated carbocycles. The minimum Gasteiger partial charge on any atom is -0.396 e. The van der Waals surface area contributed by atoms with E-state index in [9.17, 15) is 27.2 Å². The third-order valence-electron chi connectivity index (χ3n) is 9.11.